The van der Waals surface area contributed by atoms with Gasteiger partial charge in [0.1, 0.15) is 0 Å². The maximum atomic E-state index is 13.1. The van der Waals surface area contributed by atoms with Crippen LogP contribution in [-0.4, -0.2) is 73.7 Å². The van der Waals surface area contributed by atoms with Crippen molar-refractivity contribution in [3.05, 3.63) is 89.5 Å². The third-order valence-electron chi connectivity index (χ3n) is 4.78. The third-order valence-corrected chi connectivity index (χ3v) is 4.78. The summed E-state index contributed by atoms with van der Waals surface area (Å²) < 4.78 is 15.9. The van der Waals surface area contributed by atoms with Crippen molar-refractivity contribution in [3.63, 3.8) is 0 Å². The van der Waals surface area contributed by atoms with E-state index in [0.29, 0.717) is 33.9 Å². The number of nitrogens with zero attached hydrogens (tertiary/aromatic N) is 1. The van der Waals surface area contributed by atoms with Crippen LogP contribution in [0, 0.1) is 0 Å². The Hall–Kier alpha value is -3.96. The van der Waals surface area contributed by atoms with Crippen LogP contribution in [0.15, 0.2) is 77.9 Å². The quantitative estimate of drug-likeness (QED) is 0.209. The number of carbonyl (C=O) groups is 1. The van der Waals surface area contributed by atoms with Crippen molar-refractivity contribution < 1.29 is 39.4 Å². The SMILES string of the molecule is CCO.CCO.CCO.COc1cc(/C=N/NC(=O)C(O)(c2ccccc2)c2ccccc2)cc(OC)c1OC. The average molecular weight is 559 g/mol. The number of hydrogen-bond acceptors (Lipinski definition) is 9. The summed E-state index contributed by atoms with van der Waals surface area (Å²) in [6.45, 7) is 5.79. The zero-order valence-electron chi connectivity index (χ0n) is 24.0. The molecule has 0 bridgehead atoms. The van der Waals surface area contributed by atoms with Crippen molar-refractivity contribution in [3.8, 4) is 17.2 Å². The maximum Gasteiger partial charge on any atom is 0.281 e. The Kier molecular flexibility index (Phi) is 18.9. The standard InChI is InChI=1S/C24H24N2O5.3C2H6O/c1-29-20-14-17(15-21(30-2)22(20)31-3)16-25-26-23(27)24(28,18-10-6-4-7-11-18)19-12-8-5-9-13-19;3*1-2-3/h4-16,28H,1-3H3,(H,26,27);3*3H,2H2,1H3/b25-16+;;;. The first kappa shape index (κ1) is 36.0. The van der Waals surface area contributed by atoms with Crippen LogP contribution in [-0.2, 0) is 10.4 Å². The summed E-state index contributed by atoms with van der Waals surface area (Å²) in [6, 6.07) is 20.8. The maximum absolute atomic E-state index is 13.1. The van der Waals surface area contributed by atoms with Gasteiger partial charge in [0.05, 0.1) is 27.5 Å². The van der Waals surface area contributed by atoms with Gasteiger partial charge < -0.3 is 34.6 Å². The van der Waals surface area contributed by atoms with E-state index in [2.05, 4.69) is 10.5 Å². The van der Waals surface area contributed by atoms with Gasteiger partial charge in [0.2, 0.25) is 5.75 Å². The number of hydrogen-bond donors (Lipinski definition) is 5. The second-order valence-electron chi connectivity index (χ2n) is 7.55. The first-order valence-electron chi connectivity index (χ1n) is 12.6. The predicted molar refractivity (Wildman–Crippen MR) is 156 cm³/mol. The van der Waals surface area contributed by atoms with E-state index in [0.717, 1.165) is 0 Å². The molecule has 40 heavy (non-hydrogen) atoms. The first-order valence-corrected chi connectivity index (χ1v) is 12.6. The number of carbonyl (C=O) groups excluding carboxylic acids is 1. The Morgan fingerprint density at radius 1 is 0.775 bits per heavy atom. The molecule has 0 radical (unpaired) electrons. The minimum absolute atomic E-state index is 0.250. The van der Waals surface area contributed by atoms with Crippen molar-refractivity contribution in [2.75, 3.05) is 41.2 Å². The topological polar surface area (TPSA) is 150 Å². The highest BCUT2D eigenvalue weighted by Crippen LogP contribution is 2.37. The molecule has 3 rings (SSSR count). The lowest BCUT2D eigenvalue weighted by Crippen LogP contribution is -2.43. The largest absolute Gasteiger partial charge is 0.493 e. The van der Waals surface area contributed by atoms with Gasteiger partial charge in [-0.2, -0.15) is 5.10 Å². The summed E-state index contributed by atoms with van der Waals surface area (Å²) in [4.78, 5) is 13.1. The average Bonchev–Trinajstić information content (AvgIpc) is 2.98. The normalized spacial score (nSPS) is 10.1. The van der Waals surface area contributed by atoms with Gasteiger partial charge in [0.25, 0.3) is 5.91 Å². The summed E-state index contributed by atoms with van der Waals surface area (Å²) in [5.74, 6) is 0.682. The molecule has 0 aliphatic carbocycles. The number of methoxy groups -OCH3 is 3. The lowest BCUT2D eigenvalue weighted by Gasteiger charge is -2.27. The number of amides is 1. The number of aliphatic hydroxyl groups is 4. The molecule has 0 heterocycles. The highest BCUT2D eigenvalue weighted by Gasteiger charge is 2.39. The zero-order valence-corrected chi connectivity index (χ0v) is 24.0. The monoisotopic (exact) mass is 558 g/mol. The smallest absolute Gasteiger partial charge is 0.281 e. The van der Waals surface area contributed by atoms with Crippen molar-refractivity contribution in [2.45, 2.75) is 26.4 Å². The van der Waals surface area contributed by atoms with E-state index < -0.39 is 11.5 Å². The lowest BCUT2D eigenvalue weighted by molar-refractivity contribution is -0.136. The summed E-state index contributed by atoms with van der Waals surface area (Å²) in [5, 5.41) is 38.1. The number of benzene rings is 3. The van der Waals surface area contributed by atoms with Gasteiger partial charge in [-0.05, 0) is 44.0 Å². The molecule has 0 aromatic heterocycles. The van der Waals surface area contributed by atoms with E-state index in [9.17, 15) is 9.90 Å². The van der Waals surface area contributed by atoms with E-state index in [-0.39, 0.29) is 19.8 Å². The molecule has 5 N–H and O–H groups in total. The van der Waals surface area contributed by atoms with Crippen LogP contribution < -0.4 is 19.6 Å². The van der Waals surface area contributed by atoms with E-state index in [1.165, 1.54) is 27.5 Å². The van der Waals surface area contributed by atoms with Crippen LogP contribution in [0.5, 0.6) is 17.2 Å². The van der Waals surface area contributed by atoms with Gasteiger partial charge in [-0.15, -0.1) is 0 Å². The molecule has 0 aliphatic rings. The van der Waals surface area contributed by atoms with E-state index in [1.54, 1.807) is 81.4 Å². The fraction of sp³-hybridized carbons (Fsp3) is 0.333. The van der Waals surface area contributed by atoms with Gasteiger partial charge in [-0.25, -0.2) is 5.43 Å². The second kappa shape index (κ2) is 20.9. The van der Waals surface area contributed by atoms with Crippen molar-refractivity contribution in [2.24, 2.45) is 5.10 Å². The first-order chi connectivity index (χ1) is 19.3. The zero-order chi connectivity index (χ0) is 30.4. The van der Waals surface area contributed by atoms with E-state index >= 15 is 0 Å². The Morgan fingerprint density at radius 2 is 1.15 bits per heavy atom. The fourth-order valence-corrected chi connectivity index (χ4v) is 3.21. The van der Waals surface area contributed by atoms with Crippen LogP contribution in [0.3, 0.4) is 0 Å². The molecule has 0 saturated carbocycles. The molecule has 0 fully saturated rings. The Bertz CT molecular complexity index is 1040. The molecular weight excluding hydrogens is 516 g/mol. The van der Waals surface area contributed by atoms with E-state index in [4.69, 9.17) is 29.5 Å². The van der Waals surface area contributed by atoms with Gasteiger partial charge in [0.15, 0.2) is 17.1 Å². The lowest BCUT2D eigenvalue weighted by atomic mass is 9.85. The van der Waals surface area contributed by atoms with Crippen LogP contribution in [0.4, 0.5) is 0 Å². The molecule has 3 aromatic rings. The molecule has 0 saturated heterocycles. The van der Waals surface area contributed by atoms with Crippen molar-refractivity contribution in [1.29, 1.82) is 0 Å². The number of nitrogens with one attached hydrogen (secondary N) is 1. The number of ether oxygens (including phenoxy) is 3. The molecule has 0 spiro atoms. The highest BCUT2D eigenvalue weighted by atomic mass is 16.5. The number of hydrazone groups is 1. The van der Waals surface area contributed by atoms with Gasteiger partial charge >= 0.3 is 0 Å². The fourth-order valence-electron chi connectivity index (χ4n) is 3.21. The molecule has 0 aliphatic heterocycles. The van der Waals surface area contributed by atoms with Crippen LogP contribution in [0.25, 0.3) is 0 Å². The van der Waals surface area contributed by atoms with Crippen LogP contribution in [0.1, 0.15) is 37.5 Å². The number of aliphatic hydroxyl groups excluding tert-OH is 3. The van der Waals surface area contributed by atoms with Gasteiger partial charge in [-0.1, -0.05) is 60.7 Å². The van der Waals surface area contributed by atoms with Crippen molar-refractivity contribution in [1.82, 2.24) is 5.43 Å². The molecule has 10 nitrogen and oxygen atoms in total. The van der Waals surface area contributed by atoms with Crippen LogP contribution >= 0.6 is 0 Å². The van der Waals surface area contributed by atoms with E-state index in [1.807, 2.05) is 12.1 Å². The van der Waals surface area contributed by atoms with Gasteiger partial charge in [0, 0.05) is 25.4 Å². The Morgan fingerprint density at radius 3 is 1.48 bits per heavy atom. The summed E-state index contributed by atoms with van der Waals surface area (Å²) >= 11 is 0. The Labute approximate surface area is 236 Å². The minimum Gasteiger partial charge on any atom is -0.493 e. The summed E-state index contributed by atoms with van der Waals surface area (Å²) in [6.07, 6.45) is 1.43. The molecule has 3 aromatic carbocycles. The molecule has 0 unspecified atom stereocenters. The highest BCUT2D eigenvalue weighted by molar-refractivity contribution is 5.91. The van der Waals surface area contributed by atoms with Gasteiger partial charge in [-0.3, -0.25) is 4.79 Å². The summed E-state index contributed by atoms with van der Waals surface area (Å²) in [5.41, 5.74) is 2.01. The third kappa shape index (κ3) is 11.0. The molecule has 1 amide bonds. The minimum atomic E-state index is -1.91. The number of rotatable bonds is 8. The molecule has 220 valence electrons. The Balaban J connectivity index is 0.00000149. The molecular formula is C30H42N2O8. The molecule has 10 heteroatoms. The molecule has 0 atom stereocenters. The summed E-state index contributed by atoms with van der Waals surface area (Å²) in [7, 11) is 4.54. The second-order valence-corrected chi connectivity index (χ2v) is 7.55. The van der Waals surface area contributed by atoms with Crippen LogP contribution in [0.2, 0.25) is 0 Å². The predicted octanol–water partition coefficient (Wildman–Crippen LogP) is 3.09. The van der Waals surface area contributed by atoms with Crippen molar-refractivity contribution >= 4 is 12.1 Å².